The van der Waals surface area contributed by atoms with E-state index < -0.39 is 7.92 Å². The predicted molar refractivity (Wildman–Crippen MR) is 113 cm³/mol. The standard InChI is InChI=1S/C22H22BrP.BrH/c1-2-9-22(23)18-14-16-21(17-15-18)24(19-10-5-3-6-11-19)20-12-7-4-8-13-20;/h3-8,10-17,22H,2,9H2,1H3;1H. The van der Waals surface area contributed by atoms with E-state index in [-0.39, 0.29) is 17.0 Å². The van der Waals surface area contributed by atoms with Crippen molar-refractivity contribution in [3.63, 3.8) is 0 Å². The lowest BCUT2D eigenvalue weighted by Gasteiger charge is -2.13. The van der Waals surface area contributed by atoms with E-state index in [1.54, 1.807) is 0 Å². The molecule has 1 unspecified atom stereocenters. The molecule has 25 heavy (non-hydrogen) atoms. The van der Waals surface area contributed by atoms with Gasteiger partial charge in [-0.25, -0.2) is 0 Å². The van der Waals surface area contributed by atoms with Crippen molar-refractivity contribution < 1.29 is 17.0 Å². The van der Waals surface area contributed by atoms with Crippen LogP contribution in [-0.4, -0.2) is 0 Å². The maximum atomic E-state index is 3.81. The van der Waals surface area contributed by atoms with E-state index in [4.69, 9.17) is 0 Å². The zero-order valence-corrected chi connectivity index (χ0v) is 18.5. The summed E-state index contributed by atoms with van der Waals surface area (Å²) in [6, 6.07) is 31.1. The van der Waals surface area contributed by atoms with Gasteiger partial charge in [0.25, 0.3) is 0 Å². The fourth-order valence-electron chi connectivity index (χ4n) is 2.99. The molecule has 0 aliphatic rings. The van der Waals surface area contributed by atoms with Crippen LogP contribution in [0.2, 0.25) is 0 Å². The smallest absolute Gasteiger partial charge is 0.102 e. The van der Waals surface area contributed by atoms with Crippen LogP contribution >= 0.6 is 23.9 Å². The molecule has 0 saturated carbocycles. The lowest BCUT2D eigenvalue weighted by Crippen LogP contribution is -3.00. The van der Waals surface area contributed by atoms with Gasteiger partial charge < -0.3 is 17.0 Å². The lowest BCUT2D eigenvalue weighted by molar-refractivity contribution is -0.00000457. The van der Waals surface area contributed by atoms with Crippen LogP contribution in [0.15, 0.2) is 84.9 Å². The van der Waals surface area contributed by atoms with Crippen LogP contribution in [0.3, 0.4) is 0 Å². The normalized spacial score (nSPS) is 11.8. The minimum absolute atomic E-state index is 0. The number of hydrogen-bond donors (Lipinski definition) is 0. The summed E-state index contributed by atoms with van der Waals surface area (Å²) in [7, 11) is -0.947. The maximum absolute atomic E-state index is 3.81. The Kier molecular flexibility index (Phi) is 8.36. The fourth-order valence-corrected chi connectivity index (χ4v) is 6.30. The van der Waals surface area contributed by atoms with Gasteiger partial charge >= 0.3 is 0 Å². The third-order valence-corrected chi connectivity index (χ3v) is 7.95. The maximum Gasteiger partial charge on any atom is 0.102 e. The lowest BCUT2D eigenvalue weighted by atomic mass is 10.1. The number of hydrogen-bond acceptors (Lipinski definition) is 0. The summed E-state index contributed by atoms with van der Waals surface area (Å²) >= 11 is 3.81. The van der Waals surface area contributed by atoms with Crippen molar-refractivity contribution in [2.45, 2.75) is 24.6 Å². The first-order chi connectivity index (χ1) is 11.8. The monoisotopic (exact) mass is 476 g/mol. The van der Waals surface area contributed by atoms with E-state index in [1.165, 1.54) is 34.3 Å². The zero-order chi connectivity index (χ0) is 16.8. The van der Waals surface area contributed by atoms with Crippen LogP contribution in [-0.2, 0) is 0 Å². The summed E-state index contributed by atoms with van der Waals surface area (Å²) in [5.74, 6) is 0. The van der Waals surface area contributed by atoms with Gasteiger partial charge in [-0.05, 0) is 48.4 Å². The van der Waals surface area contributed by atoms with Gasteiger partial charge in [-0.3, -0.25) is 0 Å². The van der Waals surface area contributed by atoms with Gasteiger partial charge in [0.15, 0.2) is 0 Å². The van der Waals surface area contributed by atoms with Crippen molar-refractivity contribution >= 4 is 39.8 Å². The van der Waals surface area contributed by atoms with E-state index in [1.807, 2.05) is 0 Å². The summed E-state index contributed by atoms with van der Waals surface area (Å²) in [6.07, 6.45) is 2.37. The second-order valence-corrected chi connectivity index (χ2v) is 9.57. The molecule has 0 aliphatic carbocycles. The number of alkyl halides is 1. The van der Waals surface area contributed by atoms with Crippen LogP contribution in [0.25, 0.3) is 0 Å². The van der Waals surface area contributed by atoms with Gasteiger partial charge in [0, 0.05) is 4.83 Å². The third kappa shape index (κ3) is 5.26. The molecular formula is C22H23Br2P. The highest BCUT2D eigenvalue weighted by Crippen LogP contribution is 2.34. The van der Waals surface area contributed by atoms with E-state index in [2.05, 4.69) is 108 Å². The summed E-state index contributed by atoms with van der Waals surface area (Å²) < 4.78 is 0. The molecule has 3 heteroatoms. The summed E-state index contributed by atoms with van der Waals surface area (Å²) in [4.78, 5) is 0.459. The molecule has 130 valence electrons. The SMILES string of the molecule is CCCC(Br)c1ccc([PH+](c2ccccc2)c2ccccc2)cc1.[Br-]. The Balaban J connectivity index is 0.00000225. The number of benzene rings is 3. The van der Waals surface area contributed by atoms with Crippen LogP contribution in [0.1, 0.15) is 30.2 Å². The molecule has 0 spiro atoms. The first-order valence-electron chi connectivity index (χ1n) is 8.51. The molecule has 0 aromatic heterocycles. The van der Waals surface area contributed by atoms with Crippen molar-refractivity contribution in [2.24, 2.45) is 0 Å². The van der Waals surface area contributed by atoms with Crippen LogP contribution < -0.4 is 32.9 Å². The first-order valence-corrected chi connectivity index (χ1v) is 10.9. The number of rotatable bonds is 6. The Morgan fingerprint density at radius 2 is 1.16 bits per heavy atom. The Labute approximate surface area is 171 Å². The van der Waals surface area contributed by atoms with Gasteiger partial charge in [-0.15, -0.1) is 0 Å². The largest absolute Gasteiger partial charge is 1.00 e. The molecule has 3 aromatic rings. The van der Waals surface area contributed by atoms with E-state index in [9.17, 15) is 0 Å². The minimum atomic E-state index is -0.947. The van der Waals surface area contributed by atoms with Crippen LogP contribution in [0.4, 0.5) is 0 Å². The molecule has 0 aliphatic heterocycles. The second kappa shape index (κ2) is 10.3. The molecule has 0 amide bonds. The second-order valence-electron chi connectivity index (χ2n) is 5.99. The first kappa shape index (κ1) is 20.4. The summed E-state index contributed by atoms with van der Waals surface area (Å²) in [6.45, 7) is 2.23. The highest BCUT2D eigenvalue weighted by Gasteiger charge is 2.25. The Morgan fingerprint density at radius 1 is 0.720 bits per heavy atom. The topological polar surface area (TPSA) is 0 Å². The van der Waals surface area contributed by atoms with Crippen molar-refractivity contribution in [2.75, 3.05) is 0 Å². The van der Waals surface area contributed by atoms with Crippen molar-refractivity contribution in [3.8, 4) is 0 Å². The third-order valence-electron chi connectivity index (χ3n) is 4.23. The molecule has 1 atom stereocenters. The predicted octanol–water partition coefficient (Wildman–Crippen LogP) is 2.42. The molecule has 0 N–H and O–H groups in total. The quantitative estimate of drug-likeness (QED) is 0.378. The van der Waals surface area contributed by atoms with Gasteiger partial charge in [0.1, 0.15) is 15.9 Å². The minimum Gasteiger partial charge on any atom is -1.00 e. The van der Waals surface area contributed by atoms with Gasteiger partial charge in [0.05, 0.1) is 7.92 Å². The van der Waals surface area contributed by atoms with Gasteiger partial charge in [-0.2, -0.15) is 0 Å². The summed E-state index contributed by atoms with van der Waals surface area (Å²) in [5, 5.41) is 4.31. The number of halogens is 2. The molecular weight excluding hydrogens is 455 g/mol. The molecule has 0 fully saturated rings. The molecule has 0 bridgehead atoms. The summed E-state index contributed by atoms with van der Waals surface area (Å²) in [5.41, 5.74) is 1.38. The average Bonchev–Trinajstić information content (AvgIpc) is 2.64. The fraction of sp³-hybridized carbons (Fsp3) is 0.182. The molecule has 3 rings (SSSR count). The highest BCUT2D eigenvalue weighted by atomic mass is 79.9. The van der Waals surface area contributed by atoms with E-state index in [0.29, 0.717) is 4.83 Å². The Hall–Kier alpha value is -0.950. The molecule has 3 aromatic carbocycles. The Bertz CT molecular complexity index is 703. The van der Waals surface area contributed by atoms with E-state index in [0.717, 1.165) is 0 Å². The van der Waals surface area contributed by atoms with Gasteiger partial charge in [0.2, 0.25) is 0 Å². The zero-order valence-electron chi connectivity index (χ0n) is 14.3. The molecule has 0 nitrogen and oxygen atoms in total. The van der Waals surface area contributed by atoms with Crippen LogP contribution in [0, 0.1) is 0 Å². The Morgan fingerprint density at radius 3 is 1.60 bits per heavy atom. The van der Waals surface area contributed by atoms with Crippen molar-refractivity contribution in [3.05, 3.63) is 90.5 Å². The van der Waals surface area contributed by atoms with Crippen molar-refractivity contribution in [1.29, 1.82) is 0 Å². The highest BCUT2D eigenvalue weighted by molar-refractivity contribution is 9.09. The molecule has 0 heterocycles. The van der Waals surface area contributed by atoms with Crippen LogP contribution in [0.5, 0.6) is 0 Å². The average molecular weight is 478 g/mol. The van der Waals surface area contributed by atoms with Gasteiger partial charge in [-0.1, -0.05) is 77.8 Å². The molecule has 0 saturated heterocycles. The van der Waals surface area contributed by atoms with E-state index >= 15 is 0 Å². The molecule has 0 radical (unpaired) electrons. The van der Waals surface area contributed by atoms with Crippen molar-refractivity contribution in [1.82, 2.24) is 0 Å².